The number of phenols is 1. The van der Waals surface area contributed by atoms with E-state index in [2.05, 4.69) is 17.3 Å². The Morgan fingerprint density at radius 2 is 2.18 bits per heavy atom. The van der Waals surface area contributed by atoms with E-state index in [1.807, 2.05) is 35.1 Å². The van der Waals surface area contributed by atoms with Crippen molar-refractivity contribution in [2.45, 2.75) is 26.1 Å². The molecule has 1 aromatic heterocycles. The molecular formula is C13H17N3O. The molecule has 1 heterocycles. The number of rotatable bonds is 5. The third kappa shape index (κ3) is 3.32. The van der Waals surface area contributed by atoms with Crippen molar-refractivity contribution in [3.8, 4) is 5.75 Å². The fraction of sp³-hybridized carbons (Fsp3) is 0.308. The van der Waals surface area contributed by atoms with Gasteiger partial charge in [-0.15, -0.1) is 0 Å². The highest BCUT2D eigenvalue weighted by Gasteiger charge is 2.04. The first-order valence-corrected chi connectivity index (χ1v) is 5.73. The Bertz CT molecular complexity index is 453. The molecule has 17 heavy (non-hydrogen) atoms. The first-order valence-electron chi connectivity index (χ1n) is 5.73. The predicted octanol–water partition coefficient (Wildman–Crippen LogP) is 1.77. The Labute approximate surface area is 101 Å². The van der Waals surface area contributed by atoms with Crippen LogP contribution in [0.15, 0.2) is 42.7 Å². The third-order valence-corrected chi connectivity index (χ3v) is 2.65. The van der Waals surface area contributed by atoms with Gasteiger partial charge >= 0.3 is 0 Å². The Hall–Kier alpha value is -1.81. The van der Waals surface area contributed by atoms with Crippen LogP contribution in [0.1, 0.15) is 12.5 Å². The lowest BCUT2D eigenvalue weighted by Gasteiger charge is -2.14. The number of aromatic nitrogens is 2. The fourth-order valence-electron chi connectivity index (χ4n) is 1.70. The van der Waals surface area contributed by atoms with Crippen molar-refractivity contribution >= 4 is 0 Å². The van der Waals surface area contributed by atoms with Crippen molar-refractivity contribution in [2.75, 3.05) is 0 Å². The molecule has 0 fully saturated rings. The molecule has 0 aliphatic heterocycles. The van der Waals surface area contributed by atoms with Crippen LogP contribution >= 0.6 is 0 Å². The SMILES string of the molecule is CC(Cn1cccn1)NCc1ccccc1O. The van der Waals surface area contributed by atoms with Crippen molar-refractivity contribution < 1.29 is 5.11 Å². The van der Waals surface area contributed by atoms with Crippen LogP contribution in [0.5, 0.6) is 5.75 Å². The van der Waals surface area contributed by atoms with Gasteiger partial charge in [-0.1, -0.05) is 18.2 Å². The van der Waals surface area contributed by atoms with Gasteiger partial charge in [0, 0.05) is 30.5 Å². The predicted molar refractivity (Wildman–Crippen MR) is 66.6 cm³/mol. The van der Waals surface area contributed by atoms with E-state index in [1.165, 1.54) is 0 Å². The topological polar surface area (TPSA) is 50.1 Å². The third-order valence-electron chi connectivity index (χ3n) is 2.65. The summed E-state index contributed by atoms with van der Waals surface area (Å²) in [6.07, 6.45) is 3.72. The van der Waals surface area contributed by atoms with E-state index in [4.69, 9.17) is 0 Å². The smallest absolute Gasteiger partial charge is 0.120 e. The lowest BCUT2D eigenvalue weighted by Crippen LogP contribution is -2.30. The molecule has 1 atom stereocenters. The van der Waals surface area contributed by atoms with Gasteiger partial charge < -0.3 is 10.4 Å². The molecule has 0 bridgehead atoms. The number of benzene rings is 1. The molecule has 2 aromatic rings. The van der Waals surface area contributed by atoms with Gasteiger partial charge in [0.2, 0.25) is 0 Å². The average Bonchev–Trinajstić information content (AvgIpc) is 2.81. The van der Waals surface area contributed by atoms with Crippen molar-refractivity contribution in [3.63, 3.8) is 0 Å². The van der Waals surface area contributed by atoms with E-state index in [9.17, 15) is 5.11 Å². The van der Waals surface area contributed by atoms with Crippen LogP contribution in [0.4, 0.5) is 0 Å². The second-order valence-corrected chi connectivity index (χ2v) is 4.14. The zero-order valence-electron chi connectivity index (χ0n) is 9.87. The molecule has 2 N–H and O–H groups in total. The maximum absolute atomic E-state index is 9.62. The Kier molecular flexibility index (Phi) is 3.77. The summed E-state index contributed by atoms with van der Waals surface area (Å²) < 4.78 is 1.89. The number of phenolic OH excluding ortho intramolecular Hbond substituents is 1. The summed E-state index contributed by atoms with van der Waals surface area (Å²) in [6, 6.07) is 9.59. The van der Waals surface area contributed by atoms with Crippen LogP contribution in [0.3, 0.4) is 0 Å². The van der Waals surface area contributed by atoms with Crippen molar-refractivity contribution in [1.82, 2.24) is 15.1 Å². The lowest BCUT2D eigenvalue weighted by atomic mass is 10.2. The largest absolute Gasteiger partial charge is 0.508 e. The normalized spacial score (nSPS) is 12.5. The van der Waals surface area contributed by atoms with E-state index in [-0.39, 0.29) is 0 Å². The average molecular weight is 231 g/mol. The first-order chi connectivity index (χ1) is 8.25. The van der Waals surface area contributed by atoms with Gasteiger partial charge in [-0.3, -0.25) is 4.68 Å². The van der Waals surface area contributed by atoms with Crippen LogP contribution in [-0.4, -0.2) is 20.9 Å². The Morgan fingerprint density at radius 3 is 2.88 bits per heavy atom. The molecule has 4 nitrogen and oxygen atoms in total. The molecule has 2 rings (SSSR count). The van der Waals surface area contributed by atoms with Crippen molar-refractivity contribution in [1.29, 1.82) is 0 Å². The van der Waals surface area contributed by atoms with Crippen LogP contribution in [0, 0.1) is 0 Å². The molecule has 0 amide bonds. The van der Waals surface area contributed by atoms with Gasteiger partial charge in [0.05, 0.1) is 6.54 Å². The highest BCUT2D eigenvalue weighted by atomic mass is 16.3. The minimum absolute atomic E-state index is 0.300. The molecular weight excluding hydrogens is 214 g/mol. The number of para-hydroxylation sites is 1. The van der Waals surface area contributed by atoms with Crippen LogP contribution < -0.4 is 5.32 Å². The van der Waals surface area contributed by atoms with Gasteiger partial charge in [-0.25, -0.2) is 0 Å². The van der Waals surface area contributed by atoms with E-state index in [1.54, 1.807) is 12.3 Å². The highest BCUT2D eigenvalue weighted by molar-refractivity contribution is 5.31. The summed E-state index contributed by atoms with van der Waals surface area (Å²) in [7, 11) is 0. The molecule has 0 aliphatic rings. The number of hydrogen-bond acceptors (Lipinski definition) is 3. The second kappa shape index (κ2) is 5.50. The van der Waals surface area contributed by atoms with Gasteiger partial charge in [0.1, 0.15) is 5.75 Å². The summed E-state index contributed by atoms with van der Waals surface area (Å²) in [5.41, 5.74) is 0.916. The summed E-state index contributed by atoms with van der Waals surface area (Å²) in [6.45, 7) is 3.58. The minimum Gasteiger partial charge on any atom is -0.508 e. The van der Waals surface area contributed by atoms with Gasteiger partial charge in [0.15, 0.2) is 0 Å². The van der Waals surface area contributed by atoms with E-state index in [0.717, 1.165) is 12.1 Å². The Morgan fingerprint density at radius 1 is 1.35 bits per heavy atom. The standard InChI is InChI=1S/C13H17N3O/c1-11(10-16-8-4-7-15-16)14-9-12-5-2-3-6-13(12)17/h2-8,11,14,17H,9-10H2,1H3. The molecule has 4 heteroatoms. The number of nitrogens with one attached hydrogen (secondary N) is 1. The highest BCUT2D eigenvalue weighted by Crippen LogP contribution is 2.15. The van der Waals surface area contributed by atoms with Gasteiger partial charge in [0.25, 0.3) is 0 Å². The van der Waals surface area contributed by atoms with Gasteiger partial charge in [-0.05, 0) is 19.1 Å². The van der Waals surface area contributed by atoms with Crippen LogP contribution in [0.25, 0.3) is 0 Å². The quantitative estimate of drug-likeness (QED) is 0.824. The molecule has 1 unspecified atom stereocenters. The molecule has 0 saturated carbocycles. The van der Waals surface area contributed by atoms with Crippen LogP contribution in [0.2, 0.25) is 0 Å². The molecule has 0 spiro atoms. The lowest BCUT2D eigenvalue weighted by molar-refractivity contribution is 0.434. The molecule has 0 saturated heterocycles. The molecule has 0 aliphatic carbocycles. The number of aromatic hydroxyl groups is 1. The summed E-state index contributed by atoms with van der Waals surface area (Å²) in [5, 5.41) is 17.1. The van der Waals surface area contributed by atoms with Gasteiger partial charge in [-0.2, -0.15) is 5.10 Å². The van der Waals surface area contributed by atoms with E-state index in [0.29, 0.717) is 18.3 Å². The Balaban J connectivity index is 1.84. The number of nitrogens with zero attached hydrogens (tertiary/aromatic N) is 2. The summed E-state index contributed by atoms with van der Waals surface area (Å²) >= 11 is 0. The van der Waals surface area contributed by atoms with E-state index < -0.39 is 0 Å². The minimum atomic E-state index is 0.300. The summed E-state index contributed by atoms with van der Waals surface area (Å²) in [4.78, 5) is 0. The molecule has 1 aromatic carbocycles. The van der Waals surface area contributed by atoms with E-state index >= 15 is 0 Å². The first kappa shape index (κ1) is 11.7. The van der Waals surface area contributed by atoms with Crippen molar-refractivity contribution in [3.05, 3.63) is 48.3 Å². The monoisotopic (exact) mass is 231 g/mol. The zero-order valence-corrected chi connectivity index (χ0v) is 9.87. The van der Waals surface area contributed by atoms with Crippen molar-refractivity contribution in [2.24, 2.45) is 0 Å². The zero-order chi connectivity index (χ0) is 12.1. The molecule has 0 radical (unpaired) electrons. The second-order valence-electron chi connectivity index (χ2n) is 4.14. The van der Waals surface area contributed by atoms with Crippen LogP contribution in [-0.2, 0) is 13.1 Å². The fourth-order valence-corrected chi connectivity index (χ4v) is 1.70. The maximum atomic E-state index is 9.62. The maximum Gasteiger partial charge on any atom is 0.120 e. The number of hydrogen-bond donors (Lipinski definition) is 2. The summed E-state index contributed by atoms with van der Waals surface area (Å²) in [5.74, 6) is 0.339. The molecule has 90 valence electrons.